The Labute approximate surface area is 134 Å². The average Bonchev–Trinajstić information content (AvgIpc) is 2.35. The fraction of sp³-hybridized carbons (Fsp3) is 0.647. The minimum atomic E-state index is -1.66. The summed E-state index contributed by atoms with van der Waals surface area (Å²) in [6, 6.07) is 0. The van der Waals surface area contributed by atoms with Crippen LogP contribution < -0.4 is 4.89 Å². The van der Waals surface area contributed by atoms with Crippen molar-refractivity contribution in [3.8, 4) is 0 Å². The molecule has 0 aromatic heterocycles. The first-order valence-electron chi connectivity index (χ1n) is 7.53. The number of carbonyl (C=O) groups excluding carboxylic acids is 1. The minimum absolute atomic E-state index is 0.256. The predicted molar refractivity (Wildman–Crippen MR) is 90.1 cm³/mol. The number of hydrogen-bond donors (Lipinski definition) is 0. The highest BCUT2D eigenvalue weighted by atomic mass is 31.1. The van der Waals surface area contributed by atoms with Gasteiger partial charge >= 0.3 is 5.97 Å². The van der Waals surface area contributed by atoms with Crippen LogP contribution in [0.25, 0.3) is 0 Å². The van der Waals surface area contributed by atoms with Crippen LogP contribution in [0.2, 0.25) is 0 Å². The monoisotopic (exact) mass is 326 g/mol. The zero-order chi connectivity index (χ0) is 17.0. The Morgan fingerprint density at radius 1 is 1.18 bits per heavy atom. The smallest absolute Gasteiger partial charge is 0.321 e. The lowest BCUT2D eigenvalue weighted by Gasteiger charge is -2.23. The minimum Gasteiger partial charge on any atom is -0.630 e. The molecule has 22 heavy (non-hydrogen) atoms. The van der Waals surface area contributed by atoms with E-state index < -0.39 is 19.3 Å². The van der Waals surface area contributed by atoms with Crippen molar-refractivity contribution in [1.82, 2.24) is 0 Å². The molecule has 0 radical (unpaired) electrons. The predicted octanol–water partition coefficient (Wildman–Crippen LogP) is 2.82. The number of esters is 1. The molecule has 0 saturated heterocycles. The molecule has 0 aromatic rings. The molecular formula is C17H27O4P. The van der Waals surface area contributed by atoms with Crippen molar-refractivity contribution in [2.24, 2.45) is 5.92 Å². The third-order valence-corrected chi connectivity index (χ3v) is 4.37. The molecule has 0 spiro atoms. The van der Waals surface area contributed by atoms with E-state index in [9.17, 15) is 9.69 Å². The summed E-state index contributed by atoms with van der Waals surface area (Å²) in [7, 11) is -1.66. The highest BCUT2D eigenvalue weighted by Crippen LogP contribution is 2.26. The second-order valence-corrected chi connectivity index (χ2v) is 8.96. The lowest BCUT2D eigenvalue weighted by Crippen LogP contribution is -2.32. The second-order valence-electron chi connectivity index (χ2n) is 7.24. The van der Waals surface area contributed by atoms with Crippen LogP contribution in [0.15, 0.2) is 24.3 Å². The van der Waals surface area contributed by atoms with Gasteiger partial charge in [-0.15, -0.1) is 0 Å². The highest BCUT2D eigenvalue weighted by molar-refractivity contribution is 7.52. The first-order valence-corrected chi connectivity index (χ1v) is 8.97. The summed E-state index contributed by atoms with van der Waals surface area (Å²) >= 11 is 0. The van der Waals surface area contributed by atoms with E-state index in [1.54, 1.807) is 24.3 Å². The fourth-order valence-corrected chi connectivity index (χ4v) is 3.17. The Morgan fingerprint density at radius 3 is 2.36 bits per heavy atom. The van der Waals surface area contributed by atoms with Gasteiger partial charge in [0.15, 0.2) is 0 Å². The van der Waals surface area contributed by atoms with Crippen molar-refractivity contribution in [3.05, 3.63) is 24.3 Å². The number of allylic oxidation sites excluding steroid dienone is 3. The molecule has 0 saturated carbocycles. The zero-order valence-electron chi connectivity index (χ0n) is 14.4. The summed E-state index contributed by atoms with van der Waals surface area (Å²) in [4.78, 5) is 24.8. The van der Waals surface area contributed by atoms with Crippen molar-refractivity contribution in [1.29, 1.82) is 0 Å². The van der Waals surface area contributed by atoms with Gasteiger partial charge in [-0.3, -0.25) is 4.79 Å². The summed E-state index contributed by atoms with van der Waals surface area (Å²) in [5.41, 5.74) is -0.814. The molecule has 0 amide bonds. The van der Waals surface area contributed by atoms with Crippen LogP contribution in [0.5, 0.6) is 0 Å². The maximum absolute atomic E-state index is 12.5. The Bertz CT molecular complexity index is 490. The molecule has 2 unspecified atom stereocenters. The van der Waals surface area contributed by atoms with Crippen LogP contribution in [-0.2, 0) is 14.3 Å². The van der Waals surface area contributed by atoms with Crippen LogP contribution >= 0.6 is 7.77 Å². The maximum atomic E-state index is 12.5. The molecule has 4 nitrogen and oxygen atoms in total. The van der Waals surface area contributed by atoms with Crippen molar-refractivity contribution in [2.75, 3.05) is 12.8 Å². The highest BCUT2D eigenvalue weighted by Gasteiger charge is 2.31. The van der Waals surface area contributed by atoms with Crippen LogP contribution in [0.3, 0.4) is 0 Å². The summed E-state index contributed by atoms with van der Waals surface area (Å²) in [5.74, 6) is -0.925. The Kier molecular flexibility index (Phi) is 6.54. The lowest BCUT2D eigenvalue weighted by atomic mass is 10.0. The molecule has 1 rings (SSSR count). The van der Waals surface area contributed by atoms with Crippen molar-refractivity contribution >= 4 is 19.0 Å². The van der Waals surface area contributed by atoms with E-state index in [2.05, 4.69) is 0 Å². The molecular weight excluding hydrogens is 299 g/mol. The topological polar surface area (TPSA) is 58.6 Å². The van der Waals surface area contributed by atoms with Gasteiger partial charge < -0.3 is 14.4 Å². The molecule has 1 aliphatic rings. The van der Waals surface area contributed by atoms with Gasteiger partial charge in [0.2, 0.25) is 0 Å². The molecule has 0 N–H and O–H groups in total. The van der Waals surface area contributed by atoms with Crippen LogP contribution in [0.4, 0.5) is 0 Å². The largest absolute Gasteiger partial charge is 0.630 e. The van der Waals surface area contributed by atoms with Crippen molar-refractivity contribution in [2.45, 2.75) is 52.7 Å². The lowest BCUT2D eigenvalue weighted by molar-refractivity contribution is -0.158. The van der Waals surface area contributed by atoms with Crippen LogP contribution in [0.1, 0.15) is 41.5 Å². The first-order chi connectivity index (χ1) is 9.99. The van der Waals surface area contributed by atoms with Crippen molar-refractivity contribution in [3.63, 3.8) is 0 Å². The van der Waals surface area contributed by atoms with Gasteiger partial charge in [-0.05, 0) is 47.6 Å². The van der Waals surface area contributed by atoms with E-state index in [4.69, 9.17) is 9.47 Å². The third kappa shape index (κ3) is 6.87. The fourth-order valence-electron chi connectivity index (χ4n) is 1.90. The number of rotatable bonds is 4. The second kappa shape index (κ2) is 7.54. The summed E-state index contributed by atoms with van der Waals surface area (Å²) in [5, 5.41) is 0.615. The summed E-state index contributed by atoms with van der Waals surface area (Å²) < 4.78 is 11.0. The van der Waals surface area contributed by atoms with E-state index in [1.807, 2.05) is 41.5 Å². The van der Waals surface area contributed by atoms with E-state index in [0.717, 1.165) is 0 Å². The van der Waals surface area contributed by atoms with Crippen LogP contribution in [-0.4, -0.2) is 35.2 Å². The molecule has 0 aliphatic heterocycles. The van der Waals surface area contributed by atoms with E-state index in [1.165, 1.54) is 0 Å². The van der Waals surface area contributed by atoms with Gasteiger partial charge in [-0.1, -0.05) is 18.2 Å². The number of hydrogen-bond acceptors (Lipinski definition) is 4. The van der Waals surface area contributed by atoms with E-state index in [-0.39, 0.29) is 11.6 Å². The maximum Gasteiger partial charge on any atom is 0.321 e. The van der Waals surface area contributed by atoms with Gasteiger partial charge in [0.25, 0.3) is 0 Å². The van der Waals surface area contributed by atoms with Gasteiger partial charge in [0, 0.05) is 0 Å². The summed E-state index contributed by atoms with van der Waals surface area (Å²) in [6.07, 6.45) is 7.48. The van der Waals surface area contributed by atoms with Gasteiger partial charge in [-0.2, -0.15) is 0 Å². The van der Waals surface area contributed by atoms with Gasteiger partial charge in [0.1, 0.15) is 23.0 Å². The molecule has 0 heterocycles. The first kappa shape index (κ1) is 19.1. The Morgan fingerprint density at radius 2 is 1.82 bits per heavy atom. The molecule has 0 aromatic carbocycles. The molecule has 1 aliphatic carbocycles. The van der Waals surface area contributed by atoms with Gasteiger partial charge in [0.05, 0.1) is 20.0 Å². The Hall–Kier alpha value is -0.960. The molecule has 5 heteroatoms. The number of ether oxygens (including phenoxy) is 2. The molecule has 0 bridgehead atoms. The van der Waals surface area contributed by atoms with E-state index in [0.29, 0.717) is 18.1 Å². The normalized spacial score (nSPS) is 21.0. The molecule has 124 valence electrons. The number of carbonyl (C=O) groups is 1. The molecule has 0 fully saturated rings. The molecule has 2 atom stereocenters. The van der Waals surface area contributed by atoms with E-state index >= 15 is 0 Å². The van der Waals surface area contributed by atoms with Crippen molar-refractivity contribution < 1.29 is 19.2 Å². The average molecular weight is 326 g/mol. The summed E-state index contributed by atoms with van der Waals surface area (Å²) in [6.45, 7) is 11.7. The Balaban J connectivity index is 2.80. The third-order valence-electron chi connectivity index (χ3n) is 2.78. The standard InChI is InChI=1S/C17H27O4P/c1-16(2,3)20-11-12-22(19)14-10-8-7-9-13(14)15(18)21-17(4,5)6/h7-10,13H,11-12H2,1-6H3. The zero-order valence-corrected chi connectivity index (χ0v) is 15.3. The van der Waals surface area contributed by atoms with Crippen LogP contribution in [0, 0.1) is 5.92 Å². The SMILES string of the molecule is CC(C)(C)OCC[P+]([O-])=C1C=CC=CC1C(=O)OC(C)(C)C. The quantitative estimate of drug-likeness (QED) is 0.589. The van der Waals surface area contributed by atoms with Gasteiger partial charge in [-0.25, -0.2) is 0 Å².